The van der Waals surface area contributed by atoms with Crippen molar-refractivity contribution in [1.82, 2.24) is 5.32 Å². The van der Waals surface area contributed by atoms with Gasteiger partial charge in [0.2, 0.25) is 0 Å². The van der Waals surface area contributed by atoms with E-state index in [9.17, 15) is 9.59 Å². The maximum Gasteiger partial charge on any atom is 0.323 e. The lowest BCUT2D eigenvalue weighted by atomic mass is 10.3. The van der Waals surface area contributed by atoms with Gasteiger partial charge in [-0.1, -0.05) is 35.9 Å². The van der Waals surface area contributed by atoms with Crippen molar-refractivity contribution in [3.8, 4) is 5.75 Å². The van der Waals surface area contributed by atoms with Gasteiger partial charge in [0.1, 0.15) is 12.4 Å². The number of para-hydroxylation sites is 1. The Bertz CT molecular complexity index is 981. The predicted molar refractivity (Wildman–Crippen MR) is 119 cm³/mol. The van der Waals surface area contributed by atoms with E-state index in [0.29, 0.717) is 41.0 Å². The molecule has 3 aromatic carbocycles. The Morgan fingerprint density at radius 2 is 1.33 bits per heavy atom. The molecule has 0 radical (unpaired) electrons. The minimum Gasteiger partial charge on any atom is -0.492 e. The van der Waals surface area contributed by atoms with Gasteiger partial charge in [-0.05, 0) is 54.6 Å². The Morgan fingerprint density at radius 3 is 2.03 bits per heavy atom. The fraction of sp³-hybridized carbons (Fsp3) is 0.0909. The number of carbonyl (C=O) groups excluding carboxylic acids is 2. The molecule has 4 amide bonds. The average Bonchev–Trinajstić information content (AvgIpc) is 2.73. The van der Waals surface area contributed by atoms with E-state index < -0.39 is 0 Å². The Morgan fingerprint density at radius 1 is 0.733 bits per heavy atom. The first kappa shape index (κ1) is 21.0. The zero-order valence-corrected chi connectivity index (χ0v) is 16.8. The second kappa shape index (κ2) is 10.7. The second-order valence-electron chi connectivity index (χ2n) is 6.21. The molecular weight excluding hydrogens is 404 g/mol. The van der Waals surface area contributed by atoms with Crippen LogP contribution in [0.2, 0.25) is 5.02 Å². The number of rotatable bonds is 7. The standard InChI is InChI=1S/C22H21ClN4O3/c23-16-9-11-20(12-10-16)30-14-13-24-21(28)26-18-7-4-8-19(15-18)27-22(29)25-17-5-2-1-3-6-17/h1-12,15H,13-14H2,(H2,24,26,28)(H2,25,27,29). The molecule has 0 aromatic heterocycles. The van der Waals surface area contributed by atoms with Crippen LogP contribution in [0.5, 0.6) is 5.75 Å². The fourth-order valence-electron chi connectivity index (χ4n) is 2.53. The van der Waals surface area contributed by atoms with E-state index in [4.69, 9.17) is 16.3 Å². The van der Waals surface area contributed by atoms with Gasteiger partial charge in [0, 0.05) is 22.1 Å². The monoisotopic (exact) mass is 424 g/mol. The quantitative estimate of drug-likeness (QED) is 0.393. The van der Waals surface area contributed by atoms with Crippen LogP contribution < -0.4 is 26.0 Å². The SMILES string of the molecule is O=C(NCCOc1ccc(Cl)cc1)Nc1cccc(NC(=O)Nc2ccccc2)c1. The number of amides is 4. The molecule has 3 aromatic rings. The summed E-state index contributed by atoms with van der Waals surface area (Å²) >= 11 is 5.82. The third-order valence-corrected chi connectivity index (χ3v) is 4.13. The van der Waals surface area contributed by atoms with Crippen LogP contribution in [0.25, 0.3) is 0 Å². The summed E-state index contributed by atoms with van der Waals surface area (Å²) in [6.07, 6.45) is 0. The molecule has 0 fully saturated rings. The summed E-state index contributed by atoms with van der Waals surface area (Å²) in [5.74, 6) is 0.675. The van der Waals surface area contributed by atoms with Gasteiger partial charge in [-0.2, -0.15) is 0 Å². The highest BCUT2D eigenvalue weighted by Crippen LogP contribution is 2.16. The van der Waals surface area contributed by atoms with E-state index >= 15 is 0 Å². The predicted octanol–water partition coefficient (Wildman–Crippen LogP) is 5.18. The molecule has 0 aliphatic rings. The molecule has 0 bridgehead atoms. The van der Waals surface area contributed by atoms with Gasteiger partial charge >= 0.3 is 12.1 Å². The molecule has 0 atom stereocenters. The summed E-state index contributed by atoms with van der Waals surface area (Å²) < 4.78 is 5.52. The van der Waals surface area contributed by atoms with Crippen molar-refractivity contribution in [2.45, 2.75) is 0 Å². The number of ether oxygens (including phenoxy) is 1. The van der Waals surface area contributed by atoms with E-state index in [0.717, 1.165) is 0 Å². The lowest BCUT2D eigenvalue weighted by Crippen LogP contribution is -2.32. The summed E-state index contributed by atoms with van der Waals surface area (Å²) in [6.45, 7) is 0.641. The molecule has 0 saturated heterocycles. The van der Waals surface area contributed by atoms with Crippen LogP contribution >= 0.6 is 11.6 Å². The molecule has 0 unspecified atom stereocenters. The fourth-order valence-corrected chi connectivity index (χ4v) is 2.66. The molecule has 30 heavy (non-hydrogen) atoms. The van der Waals surface area contributed by atoms with Gasteiger partial charge in [-0.15, -0.1) is 0 Å². The lowest BCUT2D eigenvalue weighted by molar-refractivity contribution is 0.247. The summed E-state index contributed by atoms with van der Waals surface area (Å²) in [6, 6.07) is 22.2. The number of nitrogens with one attached hydrogen (secondary N) is 4. The van der Waals surface area contributed by atoms with Gasteiger partial charge in [0.05, 0.1) is 6.54 Å². The molecule has 0 spiro atoms. The highest BCUT2D eigenvalue weighted by Gasteiger charge is 2.05. The Balaban J connectivity index is 1.42. The summed E-state index contributed by atoms with van der Waals surface area (Å²) in [7, 11) is 0. The smallest absolute Gasteiger partial charge is 0.323 e. The van der Waals surface area contributed by atoms with E-state index in [2.05, 4.69) is 21.3 Å². The minimum absolute atomic E-state index is 0.316. The van der Waals surface area contributed by atoms with Crippen molar-refractivity contribution in [2.75, 3.05) is 29.1 Å². The van der Waals surface area contributed by atoms with Crippen LogP contribution in [0.15, 0.2) is 78.9 Å². The van der Waals surface area contributed by atoms with Crippen molar-refractivity contribution < 1.29 is 14.3 Å². The van der Waals surface area contributed by atoms with Gasteiger partial charge in [-0.25, -0.2) is 9.59 Å². The Labute approximate surface area is 179 Å². The van der Waals surface area contributed by atoms with Crippen LogP contribution in [0.4, 0.5) is 26.7 Å². The van der Waals surface area contributed by atoms with Gasteiger partial charge in [-0.3, -0.25) is 0 Å². The van der Waals surface area contributed by atoms with E-state index in [1.807, 2.05) is 18.2 Å². The van der Waals surface area contributed by atoms with Crippen LogP contribution in [0.3, 0.4) is 0 Å². The Hall–Kier alpha value is -3.71. The minimum atomic E-state index is -0.374. The highest BCUT2D eigenvalue weighted by atomic mass is 35.5. The van der Waals surface area contributed by atoms with Gasteiger partial charge in [0.15, 0.2) is 0 Å². The maximum absolute atomic E-state index is 12.1. The van der Waals surface area contributed by atoms with Crippen LogP contribution in [-0.2, 0) is 0 Å². The van der Waals surface area contributed by atoms with E-state index in [1.54, 1.807) is 60.7 Å². The molecule has 0 aliphatic heterocycles. The third-order valence-electron chi connectivity index (χ3n) is 3.88. The number of carbonyl (C=O) groups is 2. The largest absolute Gasteiger partial charge is 0.492 e. The summed E-state index contributed by atoms with van der Waals surface area (Å²) in [5, 5.41) is 11.5. The van der Waals surface area contributed by atoms with Gasteiger partial charge in [0.25, 0.3) is 0 Å². The van der Waals surface area contributed by atoms with Crippen molar-refractivity contribution >= 4 is 40.7 Å². The van der Waals surface area contributed by atoms with Crippen LogP contribution in [-0.4, -0.2) is 25.2 Å². The molecule has 3 rings (SSSR count). The van der Waals surface area contributed by atoms with Crippen molar-refractivity contribution in [2.24, 2.45) is 0 Å². The summed E-state index contributed by atoms with van der Waals surface area (Å²) in [5.41, 5.74) is 1.78. The third kappa shape index (κ3) is 7.03. The number of hydrogen-bond donors (Lipinski definition) is 4. The highest BCUT2D eigenvalue weighted by molar-refractivity contribution is 6.30. The number of hydrogen-bond acceptors (Lipinski definition) is 3. The number of benzene rings is 3. The van der Waals surface area contributed by atoms with Crippen LogP contribution in [0.1, 0.15) is 0 Å². The van der Waals surface area contributed by atoms with Crippen molar-refractivity contribution in [3.63, 3.8) is 0 Å². The van der Waals surface area contributed by atoms with E-state index in [-0.39, 0.29) is 12.1 Å². The maximum atomic E-state index is 12.1. The summed E-state index contributed by atoms with van der Waals surface area (Å²) in [4.78, 5) is 24.1. The molecule has 0 aliphatic carbocycles. The van der Waals surface area contributed by atoms with Crippen molar-refractivity contribution in [3.05, 3.63) is 83.9 Å². The first-order valence-electron chi connectivity index (χ1n) is 9.25. The molecule has 7 nitrogen and oxygen atoms in total. The first-order valence-corrected chi connectivity index (χ1v) is 9.62. The Kier molecular flexibility index (Phi) is 7.51. The second-order valence-corrected chi connectivity index (χ2v) is 6.65. The normalized spacial score (nSPS) is 10.0. The molecular formula is C22H21ClN4O3. The molecule has 8 heteroatoms. The van der Waals surface area contributed by atoms with Crippen molar-refractivity contribution in [1.29, 1.82) is 0 Å². The molecule has 0 heterocycles. The molecule has 4 N–H and O–H groups in total. The first-order chi connectivity index (χ1) is 14.6. The number of anilines is 3. The van der Waals surface area contributed by atoms with E-state index in [1.165, 1.54) is 0 Å². The zero-order chi connectivity index (χ0) is 21.2. The molecule has 0 saturated carbocycles. The lowest BCUT2D eigenvalue weighted by Gasteiger charge is -2.11. The van der Waals surface area contributed by atoms with Crippen LogP contribution in [0, 0.1) is 0 Å². The number of halogens is 1. The topological polar surface area (TPSA) is 91.5 Å². The van der Waals surface area contributed by atoms with Gasteiger partial charge < -0.3 is 26.0 Å². The zero-order valence-electron chi connectivity index (χ0n) is 16.0. The number of urea groups is 2. The average molecular weight is 425 g/mol. The molecule has 154 valence electrons.